The molecular weight excluding hydrogens is 1800 g/mol. The number of hydrogen-bond acceptors (Lipinski definition) is 24. The molecule has 0 radical (unpaired) electrons. The van der Waals surface area contributed by atoms with E-state index in [0.29, 0.717) is 86.0 Å². The molecule has 10 rings (SSSR count). The van der Waals surface area contributed by atoms with Gasteiger partial charge in [-0.3, -0.25) is 24.0 Å². The summed E-state index contributed by atoms with van der Waals surface area (Å²) in [6.45, 7) is 24.0. The number of aromatic carboxylic acids is 1. The Morgan fingerprint density at radius 2 is 0.664 bits per heavy atom. The second kappa shape index (κ2) is 66.8. The van der Waals surface area contributed by atoms with Crippen molar-refractivity contribution in [3.05, 3.63) is 342 Å². The van der Waals surface area contributed by atoms with Crippen LogP contribution in [0, 0.1) is 48.5 Å². The Morgan fingerprint density at radius 1 is 0.391 bits per heavy atom. The number of esters is 5. The number of halogens is 4. The molecule has 31 heteroatoms. The first kappa shape index (κ1) is 118. The molecule has 0 aliphatic heterocycles. The maximum absolute atomic E-state index is 12.0. The van der Waals surface area contributed by atoms with Crippen LogP contribution in [-0.4, -0.2) is 154 Å². The summed E-state index contributed by atoms with van der Waals surface area (Å²) in [4.78, 5) is 121. The second-order valence-corrected chi connectivity index (χ2v) is 33.2. The van der Waals surface area contributed by atoms with Crippen molar-refractivity contribution in [1.82, 2.24) is 0 Å². The molecule has 0 amide bonds. The van der Waals surface area contributed by atoms with Crippen LogP contribution in [0.1, 0.15) is 176 Å². The van der Waals surface area contributed by atoms with Crippen molar-refractivity contribution in [2.45, 2.75) is 94.9 Å². The predicted molar refractivity (Wildman–Crippen MR) is 495 cm³/mol. The monoisotopic (exact) mass is 1900 g/mol. The van der Waals surface area contributed by atoms with E-state index in [1.807, 2.05) is 100 Å². The molecule has 0 atom stereocenters. The van der Waals surface area contributed by atoms with Crippen LogP contribution < -0.4 is 53.2 Å². The molecular formula is C97H106AlBrCl3NaO25. The first-order valence-corrected chi connectivity index (χ1v) is 44.2. The molecule has 128 heavy (non-hydrogen) atoms. The number of carboxylic acid groups (broad SMARTS) is 1. The molecule has 0 aliphatic carbocycles. The van der Waals surface area contributed by atoms with Gasteiger partial charge in [-0.2, -0.15) is 0 Å². The number of carbonyl (C=O) groups is 11. The number of benzene rings is 10. The van der Waals surface area contributed by atoms with E-state index in [0.717, 1.165) is 86.3 Å². The number of phenolic OH excluding ortho intramolecular Hbond substituents is 1. The fourth-order valence-corrected chi connectivity index (χ4v) is 10.3. The van der Waals surface area contributed by atoms with Crippen LogP contribution in [0.3, 0.4) is 0 Å². The third-order valence-corrected chi connectivity index (χ3v) is 17.7. The van der Waals surface area contributed by atoms with Crippen LogP contribution in [0.15, 0.2) is 231 Å². The quantitative estimate of drug-likeness (QED) is 0.00780. The Morgan fingerprint density at radius 3 is 0.938 bits per heavy atom. The number of carbonyl (C=O) groups excluding carboxylic acids is 10. The van der Waals surface area contributed by atoms with Gasteiger partial charge in [-0.1, -0.05) is 158 Å². The molecule has 0 spiro atoms. The van der Waals surface area contributed by atoms with E-state index < -0.39 is 35.3 Å². The number of aldehydes is 5. The number of ether oxygens (including phenoxy) is 10. The zero-order chi connectivity index (χ0) is 93.5. The van der Waals surface area contributed by atoms with E-state index in [-0.39, 0.29) is 111 Å². The fraction of sp³-hybridized carbons (Fsp3) is 0.227. The van der Waals surface area contributed by atoms with Crippen LogP contribution in [-0.2, 0) is 58.4 Å². The van der Waals surface area contributed by atoms with Crippen molar-refractivity contribution in [3.8, 4) is 34.5 Å². The van der Waals surface area contributed by atoms with Gasteiger partial charge in [0.1, 0.15) is 74.1 Å². The van der Waals surface area contributed by atoms with Crippen molar-refractivity contribution in [2.24, 2.45) is 0 Å². The molecule has 0 aromatic heterocycles. The van der Waals surface area contributed by atoms with E-state index in [4.69, 9.17) is 78.6 Å². The molecule has 0 unspecified atom stereocenters. The zero-order valence-electron chi connectivity index (χ0n) is 73.0. The molecule has 0 fully saturated rings. The summed E-state index contributed by atoms with van der Waals surface area (Å²) in [6, 6.07) is 60.3. The van der Waals surface area contributed by atoms with E-state index in [2.05, 4.69) is 63.2 Å². The molecule has 0 aliphatic rings. The van der Waals surface area contributed by atoms with Gasteiger partial charge in [0, 0.05) is 16.5 Å². The topological polar surface area (TPSA) is 371 Å². The van der Waals surface area contributed by atoms with Crippen LogP contribution in [0.4, 0.5) is 0 Å². The Balaban J connectivity index is 0. The molecule has 0 saturated carbocycles. The van der Waals surface area contributed by atoms with E-state index >= 15 is 0 Å². The number of aromatic hydroxyl groups is 1. The third kappa shape index (κ3) is 44.3. The summed E-state index contributed by atoms with van der Waals surface area (Å²) in [5.74, 6) is 0.152. The third-order valence-electron chi connectivity index (χ3n) is 17.1. The van der Waals surface area contributed by atoms with Gasteiger partial charge in [-0.25, -0.2) is 58.9 Å². The van der Waals surface area contributed by atoms with Crippen molar-refractivity contribution < 1.29 is 150 Å². The SMILES string of the molecule is C.C=C(C)C(=O)OCCO.C=C(C)C(=O)OCCOC(=O)c1ccc(COc2cccc(C)c2C=O)cc1.COC(=O)c1ccc(CBr)cc1.COC(=O)c1ccc(COc2cccc(C)c2C=O)cc1.COc1cccc(C)c1C.COc1cccc(C)c1C=O.Cc1cccc(O)c1C=O.Cc1cccc(OCc2ccc(C(=O)O)cc2)c1C=O.[Cl][Al]([Cl])[Cl].[Na+].[OH-]. The number of alkyl halides is 1. The van der Waals surface area contributed by atoms with Gasteiger partial charge in [0.05, 0.1) is 85.1 Å². The van der Waals surface area contributed by atoms with Gasteiger partial charge in [0.15, 0.2) is 31.4 Å². The molecule has 0 heterocycles. The smallest absolute Gasteiger partial charge is 0.870 e. The first-order chi connectivity index (χ1) is 59.7. The number of methoxy groups -OCH3 is 4. The second-order valence-electron chi connectivity index (χ2n) is 26.2. The number of phenols is 1. The summed E-state index contributed by atoms with van der Waals surface area (Å²) in [5, 5.41) is 26.9. The van der Waals surface area contributed by atoms with Crippen molar-refractivity contribution >= 4 is 125 Å². The minimum absolute atomic E-state index is 0. The number of carboxylic acids is 1. The minimum Gasteiger partial charge on any atom is -0.870 e. The van der Waals surface area contributed by atoms with Crippen molar-refractivity contribution in [1.29, 1.82) is 0 Å². The normalized spacial score (nSPS) is 9.39. The Kier molecular flexibility index (Phi) is 61.9. The number of aryl methyl sites for hydroxylation is 6. The van der Waals surface area contributed by atoms with E-state index in [1.165, 1.54) is 43.5 Å². The van der Waals surface area contributed by atoms with Gasteiger partial charge in [0.25, 0.3) is 0 Å². The Hall–Kier alpha value is -11.5. The van der Waals surface area contributed by atoms with Gasteiger partial charge < -0.3 is 68.2 Å². The molecule has 10 aromatic rings. The minimum atomic E-state index is -1.72. The summed E-state index contributed by atoms with van der Waals surface area (Å²) in [6.07, 6.45) is 3.82. The molecule has 10 aromatic carbocycles. The summed E-state index contributed by atoms with van der Waals surface area (Å²) < 4.78 is 50.7. The molecule has 0 bridgehead atoms. The van der Waals surface area contributed by atoms with Crippen LogP contribution >= 0.6 is 46.1 Å². The predicted octanol–water partition coefficient (Wildman–Crippen LogP) is 17.2. The van der Waals surface area contributed by atoms with E-state index in [9.17, 15) is 52.7 Å². The summed E-state index contributed by atoms with van der Waals surface area (Å²) >= 11 is 1.60. The summed E-state index contributed by atoms with van der Waals surface area (Å²) in [5.41, 5.74) is 15.5. The fourth-order valence-electron chi connectivity index (χ4n) is 9.94. The number of hydrogen-bond donors (Lipinski definition) is 3. The van der Waals surface area contributed by atoms with Crippen molar-refractivity contribution in [3.63, 3.8) is 0 Å². The van der Waals surface area contributed by atoms with Crippen LogP contribution in [0.25, 0.3) is 0 Å². The molecule has 25 nitrogen and oxygen atoms in total. The zero-order valence-corrected chi connectivity index (χ0v) is 80.0. The molecule has 4 N–H and O–H groups in total. The van der Waals surface area contributed by atoms with Crippen LogP contribution in [0.5, 0.6) is 34.5 Å². The van der Waals surface area contributed by atoms with Gasteiger partial charge in [0.2, 0.25) is 0 Å². The Labute approximate surface area is 794 Å². The average molecular weight is 1910 g/mol. The standard InChI is InChI=1S/C22H22O6.C17H16O4.C16H14O4.C9H9BrO2.C9H10O2.C9H12O.C8H8O2.C6H10O3.CH4.Al.3ClH.Na.H2O/c1-15(2)21(24)26-11-12-27-22(25)18-9-7-17(8-10-18)14-28-20-6-4-5-16(3)19(20)13-23;1-12-4-3-5-16(15(12)10-18)21-11-13-6-8-14(9-7-13)17(19)20-2;1-11-3-2-4-15(14(11)9-17)20-10-12-5-7-13(8-6-12)16(18)19;1-12-9(11)8-4-2-7(6-10)3-5-8;1-7-4-3-5-9(11-2)8(7)6-10;1-7-5-4-6-9(10-3)8(7)2;1-6-3-2-4-8(10)7(6)5-9;1-5(2)6(8)9-4-3-7;;;;;;;/h4-10,13H,1,11-12,14H2,2-3H3;3-10H,11H2,1-2H3;2-9H,10H2,1H3,(H,18,19);2-5H,6H2,1H3;3-6H,1-2H3;4-6H,1-3H3;2-5,10H,1H3;7H,1,3-4H2,2H3;1H4;;3*1H;;1H2/q;;;;;;;;;+3;;;;+1;/p-4. The van der Waals surface area contributed by atoms with Gasteiger partial charge >= 0.3 is 76.8 Å². The van der Waals surface area contributed by atoms with Gasteiger partial charge in [-0.05, 0) is 208 Å². The van der Waals surface area contributed by atoms with Crippen molar-refractivity contribution in [2.75, 3.05) is 54.9 Å². The molecule has 0 saturated heterocycles. The van der Waals surface area contributed by atoms with Gasteiger partial charge in [-0.15, -0.1) is 0 Å². The van der Waals surface area contributed by atoms with Crippen LogP contribution in [0.2, 0.25) is 0 Å². The largest absolute Gasteiger partial charge is 1.00 e. The van der Waals surface area contributed by atoms with E-state index in [1.54, 1.807) is 144 Å². The average Bonchev–Trinajstić information content (AvgIpc) is 0.822. The number of aliphatic hydroxyl groups excluding tert-OH is 1. The maximum atomic E-state index is 12.0. The summed E-state index contributed by atoms with van der Waals surface area (Å²) in [7, 11) is 20.8. The molecule has 676 valence electrons. The Bertz CT molecular complexity index is 5140. The first-order valence-electron chi connectivity index (χ1n) is 37.8. The number of aliphatic hydroxyl groups is 1. The number of rotatable bonds is 28. The maximum Gasteiger partial charge on any atom is 1.00 e.